The molecular formula is C17H26FN. The molecule has 0 spiro atoms. The highest BCUT2D eigenvalue weighted by molar-refractivity contribution is 5.20. The van der Waals surface area contributed by atoms with Crippen molar-refractivity contribution in [2.75, 3.05) is 0 Å². The molecule has 1 nitrogen and oxygen atoms in total. The summed E-state index contributed by atoms with van der Waals surface area (Å²) in [6.07, 6.45) is 5.22. The van der Waals surface area contributed by atoms with Crippen LogP contribution < -0.4 is 5.32 Å². The molecule has 0 heterocycles. The Hall–Kier alpha value is -0.890. The van der Waals surface area contributed by atoms with Crippen LogP contribution in [0.3, 0.4) is 0 Å². The molecule has 2 rings (SSSR count). The van der Waals surface area contributed by atoms with Crippen LogP contribution in [0, 0.1) is 17.7 Å². The first kappa shape index (κ1) is 14.5. The average molecular weight is 263 g/mol. The second-order valence-corrected chi connectivity index (χ2v) is 6.15. The van der Waals surface area contributed by atoms with E-state index in [-0.39, 0.29) is 5.82 Å². The highest BCUT2D eigenvalue weighted by Crippen LogP contribution is 2.32. The van der Waals surface area contributed by atoms with Crippen molar-refractivity contribution in [3.05, 3.63) is 35.6 Å². The molecule has 0 saturated heterocycles. The molecule has 1 aliphatic rings. The van der Waals surface area contributed by atoms with Gasteiger partial charge in [0.05, 0.1) is 0 Å². The quantitative estimate of drug-likeness (QED) is 0.812. The fourth-order valence-corrected chi connectivity index (χ4v) is 3.32. The van der Waals surface area contributed by atoms with E-state index in [9.17, 15) is 4.39 Å². The normalized spacial score (nSPS) is 24.9. The van der Waals surface area contributed by atoms with Crippen LogP contribution in [-0.2, 0) is 0 Å². The first-order chi connectivity index (χ1) is 9.11. The molecular weight excluding hydrogens is 237 g/mol. The zero-order valence-electron chi connectivity index (χ0n) is 12.3. The van der Waals surface area contributed by atoms with Crippen LogP contribution in [0.4, 0.5) is 4.39 Å². The summed E-state index contributed by atoms with van der Waals surface area (Å²) >= 11 is 0. The molecule has 1 fully saturated rings. The molecule has 0 amide bonds. The maximum absolute atomic E-state index is 13.1. The van der Waals surface area contributed by atoms with E-state index in [1.165, 1.54) is 31.2 Å². The number of nitrogens with one attached hydrogen (secondary N) is 1. The van der Waals surface area contributed by atoms with Crippen LogP contribution in [0.15, 0.2) is 24.3 Å². The van der Waals surface area contributed by atoms with Gasteiger partial charge in [0, 0.05) is 12.1 Å². The summed E-state index contributed by atoms with van der Waals surface area (Å²) in [4.78, 5) is 0. The van der Waals surface area contributed by atoms with Gasteiger partial charge in [-0.1, -0.05) is 45.7 Å². The Morgan fingerprint density at radius 1 is 1.21 bits per heavy atom. The van der Waals surface area contributed by atoms with Crippen molar-refractivity contribution in [1.82, 2.24) is 5.32 Å². The van der Waals surface area contributed by atoms with Crippen LogP contribution in [0.5, 0.6) is 0 Å². The minimum Gasteiger partial charge on any atom is -0.307 e. The van der Waals surface area contributed by atoms with Crippen LogP contribution in [0.25, 0.3) is 0 Å². The molecule has 1 aromatic carbocycles. The van der Waals surface area contributed by atoms with Gasteiger partial charge >= 0.3 is 0 Å². The first-order valence-corrected chi connectivity index (χ1v) is 7.63. The SMILES string of the molecule is CCC1CCCC1NC(c1ccc(F)cc1)C(C)C. The minimum absolute atomic E-state index is 0.154. The molecule has 3 unspecified atom stereocenters. The lowest BCUT2D eigenvalue weighted by atomic mass is 9.92. The summed E-state index contributed by atoms with van der Waals surface area (Å²) in [5, 5.41) is 3.83. The molecule has 106 valence electrons. The molecule has 19 heavy (non-hydrogen) atoms. The van der Waals surface area contributed by atoms with Gasteiger partial charge in [-0.25, -0.2) is 4.39 Å². The van der Waals surface area contributed by atoms with E-state index < -0.39 is 0 Å². The van der Waals surface area contributed by atoms with Crippen LogP contribution in [0.1, 0.15) is 58.1 Å². The molecule has 1 N–H and O–H groups in total. The van der Waals surface area contributed by atoms with E-state index in [0.717, 1.165) is 5.92 Å². The van der Waals surface area contributed by atoms with Crippen molar-refractivity contribution >= 4 is 0 Å². The molecule has 1 saturated carbocycles. The predicted molar refractivity (Wildman–Crippen MR) is 78.5 cm³/mol. The summed E-state index contributed by atoms with van der Waals surface area (Å²) in [5.41, 5.74) is 1.21. The largest absolute Gasteiger partial charge is 0.307 e. The van der Waals surface area contributed by atoms with Crippen molar-refractivity contribution in [3.8, 4) is 0 Å². The van der Waals surface area contributed by atoms with Crippen molar-refractivity contribution < 1.29 is 4.39 Å². The van der Waals surface area contributed by atoms with Crippen LogP contribution in [-0.4, -0.2) is 6.04 Å². The van der Waals surface area contributed by atoms with E-state index >= 15 is 0 Å². The highest BCUT2D eigenvalue weighted by Gasteiger charge is 2.29. The third kappa shape index (κ3) is 3.56. The minimum atomic E-state index is -0.154. The molecule has 1 aromatic rings. The molecule has 1 aliphatic carbocycles. The lowest BCUT2D eigenvalue weighted by Gasteiger charge is -2.29. The van der Waals surface area contributed by atoms with E-state index in [4.69, 9.17) is 0 Å². The first-order valence-electron chi connectivity index (χ1n) is 7.63. The average Bonchev–Trinajstić information content (AvgIpc) is 2.84. The molecule has 0 radical (unpaired) electrons. The van der Waals surface area contributed by atoms with Gasteiger partial charge in [0.2, 0.25) is 0 Å². The van der Waals surface area contributed by atoms with Crippen molar-refractivity contribution in [2.45, 2.75) is 58.5 Å². The molecule has 3 atom stereocenters. The third-order valence-corrected chi connectivity index (χ3v) is 4.47. The summed E-state index contributed by atoms with van der Waals surface area (Å²) in [6, 6.07) is 7.93. The van der Waals surface area contributed by atoms with Crippen LogP contribution >= 0.6 is 0 Å². The Bertz CT molecular complexity index is 385. The van der Waals surface area contributed by atoms with Gasteiger partial charge in [0.15, 0.2) is 0 Å². The fourth-order valence-electron chi connectivity index (χ4n) is 3.32. The van der Waals surface area contributed by atoms with Gasteiger partial charge in [0.25, 0.3) is 0 Å². The monoisotopic (exact) mass is 263 g/mol. The van der Waals surface area contributed by atoms with Gasteiger partial charge in [-0.15, -0.1) is 0 Å². The van der Waals surface area contributed by atoms with Crippen molar-refractivity contribution in [2.24, 2.45) is 11.8 Å². The van der Waals surface area contributed by atoms with E-state index in [0.29, 0.717) is 18.0 Å². The maximum Gasteiger partial charge on any atom is 0.123 e. The Morgan fingerprint density at radius 2 is 1.89 bits per heavy atom. The number of benzene rings is 1. The summed E-state index contributed by atoms with van der Waals surface area (Å²) in [6.45, 7) is 6.75. The predicted octanol–water partition coefficient (Wildman–Crippen LogP) is 4.69. The van der Waals surface area contributed by atoms with Crippen molar-refractivity contribution in [3.63, 3.8) is 0 Å². The van der Waals surface area contributed by atoms with E-state index in [1.807, 2.05) is 12.1 Å². The Labute approximate surface area is 116 Å². The van der Waals surface area contributed by atoms with Gasteiger partial charge in [0.1, 0.15) is 5.82 Å². The zero-order valence-corrected chi connectivity index (χ0v) is 12.3. The van der Waals surface area contributed by atoms with E-state index in [1.54, 1.807) is 12.1 Å². The number of hydrogen-bond donors (Lipinski definition) is 1. The number of rotatable bonds is 5. The van der Waals surface area contributed by atoms with Crippen LogP contribution in [0.2, 0.25) is 0 Å². The smallest absolute Gasteiger partial charge is 0.123 e. The third-order valence-electron chi connectivity index (χ3n) is 4.47. The summed E-state index contributed by atoms with van der Waals surface area (Å²) < 4.78 is 13.1. The lowest BCUT2D eigenvalue weighted by Crippen LogP contribution is -2.37. The van der Waals surface area contributed by atoms with Gasteiger partial charge in [-0.3, -0.25) is 0 Å². The summed E-state index contributed by atoms with van der Waals surface area (Å²) in [7, 11) is 0. The molecule has 0 aromatic heterocycles. The second-order valence-electron chi connectivity index (χ2n) is 6.15. The van der Waals surface area contributed by atoms with Gasteiger partial charge < -0.3 is 5.32 Å². The van der Waals surface area contributed by atoms with E-state index in [2.05, 4.69) is 26.1 Å². The lowest BCUT2D eigenvalue weighted by molar-refractivity contribution is 0.307. The molecule has 0 aliphatic heterocycles. The highest BCUT2D eigenvalue weighted by atomic mass is 19.1. The van der Waals surface area contributed by atoms with Gasteiger partial charge in [-0.2, -0.15) is 0 Å². The van der Waals surface area contributed by atoms with Gasteiger partial charge in [-0.05, 0) is 42.4 Å². The standard InChI is InChI=1S/C17H26FN/c1-4-13-6-5-7-16(13)19-17(12(2)3)14-8-10-15(18)11-9-14/h8-13,16-17,19H,4-7H2,1-3H3. The molecule has 0 bridgehead atoms. The number of hydrogen-bond acceptors (Lipinski definition) is 1. The fraction of sp³-hybridized carbons (Fsp3) is 0.647. The topological polar surface area (TPSA) is 12.0 Å². The Balaban J connectivity index is 2.10. The second kappa shape index (κ2) is 6.51. The molecule has 2 heteroatoms. The Morgan fingerprint density at radius 3 is 2.47 bits per heavy atom. The van der Waals surface area contributed by atoms with Crippen molar-refractivity contribution in [1.29, 1.82) is 0 Å². The maximum atomic E-state index is 13.1. The Kier molecular flexibility index (Phi) is 4.98. The summed E-state index contributed by atoms with van der Waals surface area (Å²) in [5.74, 6) is 1.17. The zero-order chi connectivity index (χ0) is 13.8. The number of halogens is 1.